The lowest BCUT2D eigenvalue weighted by molar-refractivity contribution is -0.152. The number of rotatable bonds is 45. The molecule has 0 radical (unpaired) electrons. The van der Waals surface area contributed by atoms with Crippen molar-refractivity contribution in [1.82, 2.24) is 0 Å². The molecule has 0 aromatic heterocycles. The van der Waals surface area contributed by atoms with Crippen LogP contribution >= 0.6 is 0 Å². The molecule has 0 fully saturated rings. The largest absolute Gasteiger partial charge is 0.496 e. The van der Waals surface area contributed by atoms with E-state index in [0.717, 1.165) is 43.2 Å². The number of unbranched alkanes of at least 4 members (excludes halogenated alkanes) is 24. The molecule has 13 heteroatoms. The van der Waals surface area contributed by atoms with Crippen molar-refractivity contribution < 1.29 is 62.3 Å². The van der Waals surface area contributed by atoms with E-state index in [2.05, 4.69) is 13.8 Å². The maximum Gasteiger partial charge on any atom is 0.342 e. The second kappa shape index (κ2) is 44.8. The summed E-state index contributed by atoms with van der Waals surface area (Å²) in [6, 6.07) is 0. The molecule has 2 rings (SSSR count). The Morgan fingerprint density at radius 2 is 1.03 bits per heavy atom. The molecule has 1 atom stereocenters. The Labute approximate surface area is 454 Å². The predicted octanol–water partition coefficient (Wildman–Crippen LogP) is 15.2. The number of hydrogen-bond donors (Lipinski definition) is 1. The van der Waals surface area contributed by atoms with Crippen molar-refractivity contribution in [2.24, 2.45) is 5.92 Å². The Hall–Kier alpha value is -4.26. The summed E-state index contributed by atoms with van der Waals surface area (Å²) in [6.07, 6.45) is 37.9. The standard InChI is InChI=1S/C35H68O5.C27H36O8/c1-3-5-7-9-11-13-15-17-19-21-23-25-27-29-34(37)39-31-33(36)32-40-35(38)30-28-26-24-22-20-18-16-14-12-10-8-6-4-2;1-16(11-13-22(29)32-5)10-12-20-25(33-6)19(4)21-15-34-27(31)24(21)26(20)35-23(30)9-7-8-17(2)14-18(3)28/h33,36H,3-32H2,1-2H3;10,17H,7-9,11-15H2,1-6H3/b;16-10+. The van der Waals surface area contributed by atoms with Gasteiger partial charge in [0.15, 0.2) is 5.75 Å². The molecule has 0 saturated carbocycles. The van der Waals surface area contributed by atoms with E-state index in [0.29, 0.717) is 55.4 Å². The quantitative estimate of drug-likeness (QED) is 0.0215. The van der Waals surface area contributed by atoms with Gasteiger partial charge < -0.3 is 38.3 Å². The van der Waals surface area contributed by atoms with Crippen LogP contribution in [-0.2, 0) is 55.9 Å². The number of aliphatic hydroxyl groups is 1. The van der Waals surface area contributed by atoms with Crippen LogP contribution in [0.5, 0.6) is 11.5 Å². The molecule has 1 N–H and O–H groups in total. The van der Waals surface area contributed by atoms with Crippen LogP contribution in [-0.4, -0.2) is 74.3 Å². The average Bonchev–Trinajstić information content (AvgIpc) is 3.78. The van der Waals surface area contributed by atoms with Crippen molar-refractivity contribution in [2.75, 3.05) is 27.4 Å². The molecule has 13 nitrogen and oxygen atoms in total. The number of cyclic esters (lactones) is 1. The number of carbonyl (C=O) groups is 6. The lowest BCUT2D eigenvalue weighted by Crippen LogP contribution is -2.25. The SMILES string of the molecule is CCCCCCCCCCCCCCCC(=O)OCC(O)COC(=O)CCCCCCCCCCCCCCC.COC(=O)CC/C(C)=C/Cc1c(OC)c(C)c2c(c1OC(=O)CCCC(C)CC(C)=O)C(=O)OC2. The van der Waals surface area contributed by atoms with Crippen LogP contribution in [0.2, 0.25) is 0 Å². The maximum absolute atomic E-state index is 12.8. The predicted molar refractivity (Wildman–Crippen MR) is 298 cm³/mol. The number of fused-ring (bicyclic) bond motifs is 1. The lowest BCUT2D eigenvalue weighted by Gasteiger charge is -2.19. The number of esters is 5. The number of benzene rings is 1. The number of Topliss-reactive ketones (excluding diaryl/α,β-unsaturated/α-hetero) is 1. The zero-order valence-electron chi connectivity index (χ0n) is 48.4. The number of allylic oxidation sites excluding steroid dienone is 2. The fourth-order valence-electron chi connectivity index (χ4n) is 9.40. The molecule has 1 heterocycles. The highest BCUT2D eigenvalue weighted by Crippen LogP contribution is 2.43. The summed E-state index contributed by atoms with van der Waals surface area (Å²) in [5.41, 5.74) is 3.21. The molecule has 1 aliphatic rings. The lowest BCUT2D eigenvalue weighted by atomic mass is 9.94. The summed E-state index contributed by atoms with van der Waals surface area (Å²) in [5.74, 6) is -0.815. The zero-order chi connectivity index (χ0) is 55.5. The Morgan fingerprint density at radius 1 is 0.587 bits per heavy atom. The van der Waals surface area contributed by atoms with Gasteiger partial charge in [0, 0.05) is 43.2 Å². The third-order valence-corrected chi connectivity index (χ3v) is 14.0. The number of hydrogen-bond acceptors (Lipinski definition) is 13. The van der Waals surface area contributed by atoms with Crippen LogP contribution in [0.1, 0.15) is 280 Å². The van der Waals surface area contributed by atoms with E-state index in [9.17, 15) is 33.9 Å². The summed E-state index contributed by atoms with van der Waals surface area (Å²) in [5, 5.41) is 9.96. The van der Waals surface area contributed by atoms with Gasteiger partial charge in [-0.2, -0.15) is 0 Å². The van der Waals surface area contributed by atoms with Crippen molar-refractivity contribution in [3.63, 3.8) is 0 Å². The molecule has 0 saturated heterocycles. The smallest absolute Gasteiger partial charge is 0.342 e. The first-order chi connectivity index (χ1) is 36.2. The van der Waals surface area contributed by atoms with E-state index in [1.165, 1.54) is 155 Å². The molecule has 1 aliphatic heterocycles. The highest BCUT2D eigenvalue weighted by molar-refractivity contribution is 5.99. The molecule has 0 spiro atoms. The van der Waals surface area contributed by atoms with E-state index in [-0.39, 0.29) is 73.6 Å². The monoisotopic (exact) mass is 1060 g/mol. The Morgan fingerprint density at radius 3 is 1.45 bits per heavy atom. The molecular formula is C62H104O13. The Kier molecular flexibility index (Phi) is 41.1. The van der Waals surface area contributed by atoms with Crippen molar-refractivity contribution in [1.29, 1.82) is 0 Å². The Bertz CT molecular complexity index is 1740. The minimum Gasteiger partial charge on any atom is -0.496 e. The van der Waals surface area contributed by atoms with Crippen LogP contribution in [0, 0.1) is 12.8 Å². The fraction of sp³-hybridized carbons (Fsp3) is 0.774. The molecule has 1 unspecified atom stereocenters. The van der Waals surface area contributed by atoms with Gasteiger partial charge in [0.05, 0.1) is 14.2 Å². The third kappa shape index (κ3) is 34.2. The molecule has 0 amide bonds. The molecule has 75 heavy (non-hydrogen) atoms. The van der Waals surface area contributed by atoms with E-state index < -0.39 is 18.0 Å². The normalized spacial score (nSPS) is 12.4. The van der Waals surface area contributed by atoms with Crippen LogP contribution < -0.4 is 9.47 Å². The second-order valence-electron chi connectivity index (χ2n) is 21.1. The molecular weight excluding hydrogens is 953 g/mol. The van der Waals surface area contributed by atoms with Gasteiger partial charge >= 0.3 is 29.8 Å². The van der Waals surface area contributed by atoms with E-state index in [4.69, 9.17) is 28.4 Å². The van der Waals surface area contributed by atoms with Gasteiger partial charge in [-0.05, 0) is 70.8 Å². The van der Waals surface area contributed by atoms with Gasteiger partial charge in [0.1, 0.15) is 43.0 Å². The van der Waals surface area contributed by atoms with Crippen LogP contribution in [0.3, 0.4) is 0 Å². The van der Waals surface area contributed by atoms with Gasteiger partial charge in [-0.3, -0.25) is 19.2 Å². The number of ketones is 1. The second-order valence-corrected chi connectivity index (χ2v) is 21.1. The van der Waals surface area contributed by atoms with Crippen molar-refractivity contribution in [2.45, 2.75) is 279 Å². The zero-order valence-corrected chi connectivity index (χ0v) is 48.4. The highest BCUT2D eigenvalue weighted by atomic mass is 16.6. The van der Waals surface area contributed by atoms with Crippen molar-refractivity contribution in [3.8, 4) is 11.5 Å². The van der Waals surface area contributed by atoms with Gasteiger partial charge in [-0.1, -0.05) is 187 Å². The van der Waals surface area contributed by atoms with Crippen LogP contribution in [0.25, 0.3) is 0 Å². The van der Waals surface area contributed by atoms with Gasteiger partial charge in [0.25, 0.3) is 0 Å². The van der Waals surface area contributed by atoms with E-state index >= 15 is 0 Å². The molecule has 0 aliphatic carbocycles. The molecule has 1 aromatic carbocycles. The minimum absolute atomic E-state index is 0.0950. The topological polar surface area (TPSA) is 178 Å². The third-order valence-electron chi connectivity index (χ3n) is 14.0. The maximum atomic E-state index is 12.8. The summed E-state index contributed by atoms with van der Waals surface area (Å²) in [6.45, 7) is 11.7. The molecule has 0 bridgehead atoms. The van der Waals surface area contributed by atoms with Gasteiger partial charge in [0.2, 0.25) is 0 Å². The first-order valence-corrected chi connectivity index (χ1v) is 29.5. The Balaban J connectivity index is 0.000000755. The highest BCUT2D eigenvalue weighted by Gasteiger charge is 2.34. The molecule has 430 valence electrons. The van der Waals surface area contributed by atoms with Crippen LogP contribution in [0.15, 0.2) is 11.6 Å². The average molecular weight is 1060 g/mol. The van der Waals surface area contributed by atoms with Gasteiger partial charge in [-0.25, -0.2) is 4.79 Å². The number of aliphatic hydroxyl groups excluding tert-OH is 1. The van der Waals surface area contributed by atoms with Crippen LogP contribution in [0.4, 0.5) is 0 Å². The number of ether oxygens (including phenoxy) is 6. The number of carbonyl (C=O) groups excluding carboxylic acids is 6. The molecule has 1 aromatic rings. The number of methoxy groups -OCH3 is 2. The first kappa shape index (κ1) is 68.8. The van der Waals surface area contributed by atoms with E-state index in [1.807, 2.05) is 26.8 Å². The summed E-state index contributed by atoms with van der Waals surface area (Å²) >= 11 is 0. The summed E-state index contributed by atoms with van der Waals surface area (Å²) in [7, 11) is 2.88. The van der Waals surface area contributed by atoms with Crippen molar-refractivity contribution >= 4 is 35.6 Å². The fourth-order valence-corrected chi connectivity index (χ4v) is 9.40. The summed E-state index contributed by atoms with van der Waals surface area (Å²) < 4.78 is 31.7. The minimum atomic E-state index is -0.953. The first-order valence-electron chi connectivity index (χ1n) is 29.5. The van der Waals surface area contributed by atoms with E-state index in [1.54, 1.807) is 6.92 Å². The van der Waals surface area contributed by atoms with Crippen molar-refractivity contribution in [3.05, 3.63) is 33.9 Å². The van der Waals surface area contributed by atoms with Gasteiger partial charge in [-0.15, -0.1) is 0 Å². The summed E-state index contributed by atoms with van der Waals surface area (Å²) in [4.78, 5) is 71.9.